The largest absolute Gasteiger partial charge is 0.356 e. The van der Waals surface area contributed by atoms with Gasteiger partial charge in [-0.2, -0.15) is 0 Å². The minimum Gasteiger partial charge on any atom is -0.356 e. The molecule has 0 bridgehead atoms. The molecule has 0 spiro atoms. The normalized spacial score (nSPS) is 14.7. The van der Waals surface area contributed by atoms with Crippen molar-refractivity contribution in [3.8, 4) is 0 Å². The molecule has 5 nitrogen and oxygen atoms in total. The Morgan fingerprint density at radius 1 is 0.967 bits per heavy atom. The molecule has 0 saturated heterocycles. The van der Waals surface area contributed by atoms with E-state index in [0.29, 0.717) is 19.0 Å². The summed E-state index contributed by atoms with van der Waals surface area (Å²) in [6, 6.07) is 19.1. The lowest BCUT2D eigenvalue weighted by Gasteiger charge is -2.25. The van der Waals surface area contributed by atoms with Gasteiger partial charge in [0.2, 0.25) is 11.9 Å². The lowest BCUT2D eigenvalue weighted by Crippen LogP contribution is -2.26. The van der Waals surface area contributed by atoms with Gasteiger partial charge in [-0.05, 0) is 43.4 Å². The van der Waals surface area contributed by atoms with Crippen LogP contribution >= 0.6 is 0 Å². The molecule has 0 radical (unpaired) electrons. The molecule has 0 unspecified atom stereocenters. The zero-order valence-electron chi connectivity index (χ0n) is 17.6. The summed E-state index contributed by atoms with van der Waals surface area (Å²) < 4.78 is 2.41. The van der Waals surface area contributed by atoms with Crippen molar-refractivity contribution in [2.24, 2.45) is 0 Å². The van der Waals surface area contributed by atoms with E-state index in [2.05, 4.69) is 51.6 Å². The average Bonchev–Trinajstić information content (AvgIpc) is 3.17. The molecule has 1 amide bonds. The minimum atomic E-state index is 0.119. The Kier molecular flexibility index (Phi) is 7.01. The molecule has 1 aromatic heterocycles. The van der Waals surface area contributed by atoms with Gasteiger partial charge >= 0.3 is 0 Å². The Morgan fingerprint density at radius 3 is 2.57 bits per heavy atom. The summed E-state index contributed by atoms with van der Waals surface area (Å²) in [6.07, 6.45) is 8.60. The van der Waals surface area contributed by atoms with Gasteiger partial charge in [-0.1, -0.05) is 61.7 Å². The fourth-order valence-corrected chi connectivity index (χ4v) is 4.39. The van der Waals surface area contributed by atoms with E-state index in [-0.39, 0.29) is 5.91 Å². The van der Waals surface area contributed by atoms with Crippen LogP contribution in [0.4, 0.5) is 5.95 Å². The number of para-hydroxylation sites is 2. The molecule has 158 valence electrons. The Hall–Kier alpha value is -2.82. The second-order valence-corrected chi connectivity index (χ2v) is 8.20. The number of anilines is 1. The first-order valence-electron chi connectivity index (χ1n) is 11.3. The first-order valence-corrected chi connectivity index (χ1v) is 11.3. The number of nitrogens with zero attached hydrogens (tertiary/aromatic N) is 2. The number of carbonyl (C=O) groups is 1. The molecule has 2 N–H and O–H groups in total. The van der Waals surface area contributed by atoms with E-state index in [1.54, 1.807) is 0 Å². The van der Waals surface area contributed by atoms with Gasteiger partial charge in [0.1, 0.15) is 0 Å². The lowest BCUT2D eigenvalue weighted by molar-refractivity contribution is -0.121. The van der Waals surface area contributed by atoms with E-state index in [9.17, 15) is 4.79 Å². The zero-order chi connectivity index (χ0) is 20.6. The number of fused-ring (bicyclic) bond motifs is 1. The Morgan fingerprint density at radius 2 is 1.73 bits per heavy atom. The van der Waals surface area contributed by atoms with Gasteiger partial charge in [0.25, 0.3) is 0 Å². The number of rotatable bonds is 9. The van der Waals surface area contributed by atoms with Crippen LogP contribution in [0.1, 0.15) is 56.6 Å². The van der Waals surface area contributed by atoms with Gasteiger partial charge in [0.15, 0.2) is 0 Å². The molecule has 30 heavy (non-hydrogen) atoms. The van der Waals surface area contributed by atoms with Crippen LogP contribution in [-0.4, -0.2) is 28.5 Å². The van der Waals surface area contributed by atoms with Crippen molar-refractivity contribution in [2.75, 3.05) is 18.4 Å². The molecular weight excluding hydrogens is 372 g/mol. The van der Waals surface area contributed by atoms with E-state index in [0.717, 1.165) is 30.9 Å². The van der Waals surface area contributed by atoms with E-state index in [1.807, 2.05) is 18.2 Å². The smallest absolute Gasteiger partial charge is 0.220 e. The van der Waals surface area contributed by atoms with Crippen LogP contribution in [-0.2, 0) is 11.2 Å². The average molecular weight is 405 g/mol. The van der Waals surface area contributed by atoms with E-state index in [1.165, 1.54) is 43.2 Å². The van der Waals surface area contributed by atoms with E-state index in [4.69, 9.17) is 4.98 Å². The molecule has 1 saturated carbocycles. The van der Waals surface area contributed by atoms with Crippen LogP contribution in [0.15, 0.2) is 54.6 Å². The van der Waals surface area contributed by atoms with Crippen molar-refractivity contribution in [3.63, 3.8) is 0 Å². The number of hydrogen-bond acceptors (Lipinski definition) is 3. The van der Waals surface area contributed by atoms with Crippen LogP contribution in [0.3, 0.4) is 0 Å². The third kappa shape index (κ3) is 5.21. The molecule has 0 aliphatic heterocycles. The van der Waals surface area contributed by atoms with Crippen molar-refractivity contribution >= 4 is 22.9 Å². The maximum atomic E-state index is 12.1. The van der Waals surface area contributed by atoms with Gasteiger partial charge in [-0.15, -0.1) is 0 Å². The Labute approximate surface area is 178 Å². The van der Waals surface area contributed by atoms with E-state index < -0.39 is 0 Å². The second kappa shape index (κ2) is 10.3. The summed E-state index contributed by atoms with van der Waals surface area (Å²) in [6.45, 7) is 1.49. The number of carbonyl (C=O) groups excluding carboxylic acids is 1. The summed E-state index contributed by atoms with van der Waals surface area (Å²) in [4.78, 5) is 16.9. The molecule has 1 aliphatic carbocycles. The molecule has 0 atom stereocenters. The molecular formula is C25H32N4O. The van der Waals surface area contributed by atoms with Crippen LogP contribution in [0.5, 0.6) is 0 Å². The van der Waals surface area contributed by atoms with Gasteiger partial charge in [0, 0.05) is 25.6 Å². The van der Waals surface area contributed by atoms with Crippen molar-refractivity contribution in [3.05, 3.63) is 60.2 Å². The number of hydrogen-bond donors (Lipinski definition) is 2. The maximum Gasteiger partial charge on any atom is 0.220 e. The van der Waals surface area contributed by atoms with Crippen molar-refractivity contribution in [1.82, 2.24) is 14.9 Å². The molecule has 5 heteroatoms. The fraction of sp³-hybridized carbons (Fsp3) is 0.440. The topological polar surface area (TPSA) is 59.0 Å². The summed E-state index contributed by atoms with van der Waals surface area (Å²) in [5, 5.41) is 6.57. The number of amides is 1. The number of imidazole rings is 1. The number of aromatic nitrogens is 2. The summed E-state index contributed by atoms with van der Waals surface area (Å²) in [7, 11) is 0. The molecule has 1 heterocycles. The SMILES string of the molecule is O=C(CCc1ccccc1)NCCCNc1nc2ccccc2n1C1CCCCC1. The first-order chi connectivity index (χ1) is 14.8. The third-order valence-electron chi connectivity index (χ3n) is 5.98. The van der Waals surface area contributed by atoms with Gasteiger partial charge < -0.3 is 15.2 Å². The van der Waals surface area contributed by atoms with Crippen molar-refractivity contribution in [1.29, 1.82) is 0 Å². The van der Waals surface area contributed by atoms with Crippen LogP contribution in [0, 0.1) is 0 Å². The highest BCUT2D eigenvalue weighted by Crippen LogP contribution is 2.34. The summed E-state index contributed by atoms with van der Waals surface area (Å²) >= 11 is 0. The third-order valence-corrected chi connectivity index (χ3v) is 5.98. The summed E-state index contributed by atoms with van der Waals surface area (Å²) in [5.74, 6) is 1.09. The van der Waals surface area contributed by atoms with Gasteiger partial charge in [0.05, 0.1) is 11.0 Å². The lowest BCUT2D eigenvalue weighted by atomic mass is 9.95. The molecule has 3 aromatic rings. The van der Waals surface area contributed by atoms with Crippen LogP contribution in [0.25, 0.3) is 11.0 Å². The zero-order valence-corrected chi connectivity index (χ0v) is 17.6. The molecule has 1 fully saturated rings. The Bertz CT molecular complexity index is 944. The highest BCUT2D eigenvalue weighted by molar-refractivity contribution is 5.79. The van der Waals surface area contributed by atoms with Crippen molar-refractivity contribution in [2.45, 2.75) is 57.4 Å². The fourth-order valence-electron chi connectivity index (χ4n) is 4.39. The van der Waals surface area contributed by atoms with Crippen LogP contribution < -0.4 is 10.6 Å². The molecule has 1 aliphatic rings. The number of benzene rings is 2. The summed E-state index contributed by atoms with van der Waals surface area (Å²) in [5.41, 5.74) is 3.48. The van der Waals surface area contributed by atoms with Gasteiger partial charge in [-0.25, -0.2) is 4.98 Å². The van der Waals surface area contributed by atoms with Crippen molar-refractivity contribution < 1.29 is 4.79 Å². The second-order valence-electron chi connectivity index (χ2n) is 8.20. The molecule has 2 aromatic carbocycles. The Balaban J connectivity index is 1.26. The quantitative estimate of drug-likeness (QED) is 0.488. The molecule has 4 rings (SSSR count). The predicted octanol–water partition coefficient (Wildman–Crippen LogP) is 5.09. The number of nitrogens with one attached hydrogen (secondary N) is 2. The minimum absolute atomic E-state index is 0.119. The predicted molar refractivity (Wildman–Crippen MR) is 123 cm³/mol. The highest BCUT2D eigenvalue weighted by Gasteiger charge is 2.21. The first kappa shape index (κ1) is 20.5. The van der Waals surface area contributed by atoms with E-state index >= 15 is 0 Å². The number of aryl methyl sites for hydroxylation is 1. The van der Waals surface area contributed by atoms with Gasteiger partial charge in [-0.3, -0.25) is 4.79 Å². The van der Waals surface area contributed by atoms with Crippen LogP contribution in [0.2, 0.25) is 0 Å². The monoisotopic (exact) mass is 404 g/mol. The standard InChI is InChI=1S/C25H32N4O/c30-24(17-16-20-10-3-1-4-11-20)26-18-9-19-27-25-28-22-14-7-8-15-23(22)29(25)21-12-5-2-6-13-21/h1,3-4,7-8,10-11,14-15,21H,2,5-6,9,12-13,16-19H2,(H,26,30)(H,27,28). The highest BCUT2D eigenvalue weighted by atomic mass is 16.1. The maximum absolute atomic E-state index is 12.1.